The van der Waals surface area contributed by atoms with Gasteiger partial charge in [-0.2, -0.15) is 0 Å². The molecule has 0 bridgehead atoms. The van der Waals surface area contributed by atoms with Gasteiger partial charge in [0.1, 0.15) is 0 Å². The summed E-state index contributed by atoms with van der Waals surface area (Å²) in [6.45, 7) is 2.82. The number of carbonyl (C=O) groups excluding carboxylic acids is 1. The third-order valence-corrected chi connectivity index (χ3v) is 5.16. The van der Waals surface area contributed by atoms with Crippen LogP contribution in [0.25, 0.3) is 0 Å². The van der Waals surface area contributed by atoms with Gasteiger partial charge in [-0.1, -0.05) is 17.7 Å². The minimum absolute atomic E-state index is 0.0523. The molecule has 0 spiro atoms. The fourth-order valence-corrected chi connectivity index (χ4v) is 3.77. The molecule has 3 heterocycles. The van der Waals surface area contributed by atoms with Crippen molar-refractivity contribution in [2.75, 3.05) is 26.4 Å². The lowest BCUT2D eigenvalue weighted by Crippen LogP contribution is -2.37. The average Bonchev–Trinajstić information content (AvgIpc) is 3.10. The first-order valence-electron chi connectivity index (χ1n) is 9.59. The third kappa shape index (κ3) is 4.39. The van der Waals surface area contributed by atoms with E-state index in [1.54, 1.807) is 29.4 Å². The zero-order chi connectivity index (χ0) is 19.3. The molecule has 2 aliphatic rings. The van der Waals surface area contributed by atoms with E-state index in [0.717, 1.165) is 31.4 Å². The topological polar surface area (TPSA) is 60.9 Å². The maximum atomic E-state index is 13.4. The molecule has 4 rings (SSSR count). The summed E-state index contributed by atoms with van der Waals surface area (Å²) in [5.41, 5.74) is 1.45. The Morgan fingerprint density at radius 3 is 2.89 bits per heavy atom. The third-order valence-electron chi connectivity index (χ3n) is 4.88. The average molecular weight is 403 g/mol. The fraction of sp³-hybridized carbons (Fsp3) is 0.429. The molecule has 1 atom stereocenters. The fourth-order valence-electron chi connectivity index (χ4n) is 3.50. The minimum Gasteiger partial charge on any atom is -0.489 e. The van der Waals surface area contributed by atoms with Crippen LogP contribution in [0.3, 0.4) is 0 Å². The largest absolute Gasteiger partial charge is 0.489 e. The van der Waals surface area contributed by atoms with Crippen molar-refractivity contribution in [3.63, 3.8) is 0 Å². The summed E-state index contributed by atoms with van der Waals surface area (Å²) >= 11 is 6.39. The van der Waals surface area contributed by atoms with E-state index < -0.39 is 0 Å². The summed E-state index contributed by atoms with van der Waals surface area (Å²) in [7, 11) is 0. The molecule has 2 aliphatic heterocycles. The number of rotatable bonds is 5. The van der Waals surface area contributed by atoms with Gasteiger partial charge < -0.3 is 19.1 Å². The Kier molecular flexibility index (Phi) is 5.98. The zero-order valence-corrected chi connectivity index (χ0v) is 16.4. The number of aromatic nitrogens is 1. The zero-order valence-electron chi connectivity index (χ0n) is 15.6. The molecule has 2 aromatic rings. The highest BCUT2D eigenvalue weighted by Gasteiger charge is 2.26. The molecular formula is C21H23ClN2O4. The highest BCUT2D eigenvalue weighted by Crippen LogP contribution is 2.38. The van der Waals surface area contributed by atoms with Crippen LogP contribution in [-0.2, 0) is 11.3 Å². The summed E-state index contributed by atoms with van der Waals surface area (Å²) in [5, 5.41) is 0.390. The second-order valence-corrected chi connectivity index (χ2v) is 7.42. The molecule has 1 aromatic heterocycles. The number of pyridine rings is 1. The molecule has 1 fully saturated rings. The lowest BCUT2D eigenvalue weighted by atomic mass is 10.1. The lowest BCUT2D eigenvalue weighted by molar-refractivity contribution is 0.0507. The Morgan fingerprint density at radius 1 is 1.21 bits per heavy atom. The van der Waals surface area contributed by atoms with Gasteiger partial charge in [-0.3, -0.25) is 9.78 Å². The SMILES string of the molecule is O=C(c1cc(Cl)c2c(c1)OCCCO2)N(Cc1cccnc1)CC1CCCO1. The number of carbonyl (C=O) groups is 1. The van der Waals surface area contributed by atoms with E-state index in [-0.39, 0.29) is 12.0 Å². The quantitative estimate of drug-likeness (QED) is 0.762. The van der Waals surface area contributed by atoms with Crippen LogP contribution in [0.15, 0.2) is 36.7 Å². The van der Waals surface area contributed by atoms with E-state index in [1.807, 2.05) is 12.1 Å². The predicted octanol–water partition coefficient (Wildman–Crippen LogP) is 3.72. The van der Waals surface area contributed by atoms with Gasteiger partial charge in [0.15, 0.2) is 11.5 Å². The normalized spacial score (nSPS) is 18.5. The number of fused-ring (bicyclic) bond motifs is 1. The molecule has 148 valence electrons. The Bertz CT molecular complexity index is 825. The smallest absolute Gasteiger partial charge is 0.254 e. The Hall–Kier alpha value is -2.31. The summed E-state index contributed by atoms with van der Waals surface area (Å²) < 4.78 is 17.2. The van der Waals surface area contributed by atoms with Crippen molar-refractivity contribution in [3.05, 3.63) is 52.8 Å². The van der Waals surface area contributed by atoms with Gasteiger partial charge in [0.2, 0.25) is 0 Å². The van der Waals surface area contributed by atoms with Crippen molar-refractivity contribution in [2.24, 2.45) is 0 Å². The van der Waals surface area contributed by atoms with E-state index in [9.17, 15) is 4.79 Å². The van der Waals surface area contributed by atoms with Crippen molar-refractivity contribution in [1.29, 1.82) is 0 Å². The molecule has 0 radical (unpaired) electrons. The first-order valence-corrected chi connectivity index (χ1v) is 9.97. The number of halogens is 1. The number of hydrogen-bond acceptors (Lipinski definition) is 5. The van der Waals surface area contributed by atoms with Gasteiger partial charge in [-0.25, -0.2) is 0 Å². The monoisotopic (exact) mass is 402 g/mol. The molecule has 1 amide bonds. The van der Waals surface area contributed by atoms with Crippen molar-refractivity contribution >= 4 is 17.5 Å². The Balaban J connectivity index is 1.60. The summed E-state index contributed by atoms with van der Waals surface area (Å²) in [6.07, 6.45) is 6.31. The molecule has 1 saturated heterocycles. The first-order chi connectivity index (χ1) is 13.7. The van der Waals surface area contributed by atoms with Crippen LogP contribution in [0.2, 0.25) is 5.02 Å². The summed E-state index contributed by atoms with van der Waals surface area (Å²) in [6, 6.07) is 7.21. The molecular weight excluding hydrogens is 380 g/mol. The molecule has 0 N–H and O–H groups in total. The highest BCUT2D eigenvalue weighted by molar-refractivity contribution is 6.32. The molecule has 7 heteroatoms. The van der Waals surface area contributed by atoms with Gasteiger partial charge >= 0.3 is 0 Å². The predicted molar refractivity (Wildman–Crippen MR) is 105 cm³/mol. The van der Waals surface area contributed by atoms with Gasteiger partial charge in [0.25, 0.3) is 5.91 Å². The van der Waals surface area contributed by atoms with E-state index >= 15 is 0 Å². The molecule has 28 heavy (non-hydrogen) atoms. The number of benzene rings is 1. The maximum absolute atomic E-state index is 13.4. The number of amides is 1. The summed E-state index contributed by atoms with van der Waals surface area (Å²) in [5.74, 6) is 0.914. The van der Waals surface area contributed by atoms with Crippen molar-refractivity contribution in [1.82, 2.24) is 9.88 Å². The molecule has 0 aliphatic carbocycles. The molecule has 6 nitrogen and oxygen atoms in total. The second kappa shape index (κ2) is 8.80. The number of ether oxygens (including phenoxy) is 3. The van der Waals surface area contributed by atoms with E-state index in [0.29, 0.717) is 48.4 Å². The van der Waals surface area contributed by atoms with E-state index in [4.69, 9.17) is 25.8 Å². The van der Waals surface area contributed by atoms with Crippen LogP contribution in [0.1, 0.15) is 35.2 Å². The van der Waals surface area contributed by atoms with Gasteiger partial charge in [-0.05, 0) is 36.6 Å². The Labute approximate surface area is 169 Å². The van der Waals surface area contributed by atoms with Crippen molar-refractivity contribution < 1.29 is 19.0 Å². The second-order valence-electron chi connectivity index (χ2n) is 7.02. The minimum atomic E-state index is -0.114. The van der Waals surface area contributed by atoms with E-state index in [1.165, 1.54) is 0 Å². The standard InChI is InChI=1S/C21H23ClN2O4/c22-18-10-16(11-19-20(18)28-9-3-8-27-19)21(25)24(14-17-5-2-7-26-17)13-15-4-1-6-23-12-15/h1,4,6,10-12,17H,2-3,5,7-9,13-14H2. The highest BCUT2D eigenvalue weighted by atomic mass is 35.5. The van der Waals surface area contributed by atoms with E-state index in [2.05, 4.69) is 4.98 Å². The number of nitrogens with zero attached hydrogens (tertiary/aromatic N) is 2. The number of hydrogen-bond donors (Lipinski definition) is 0. The molecule has 1 aromatic carbocycles. The van der Waals surface area contributed by atoms with Crippen molar-refractivity contribution in [2.45, 2.75) is 31.9 Å². The molecule has 0 saturated carbocycles. The Morgan fingerprint density at radius 2 is 2.11 bits per heavy atom. The van der Waals surface area contributed by atoms with Crippen LogP contribution in [0, 0.1) is 0 Å². The maximum Gasteiger partial charge on any atom is 0.254 e. The van der Waals surface area contributed by atoms with Crippen LogP contribution >= 0.6 is 11.6 Å². The van der Waals surface area contributed by atoms with Crippen LogP contribution in [-0.4, -0.2) is 48.3 Å². The van der Waals surface area contributed by atoms with Gasteiger partial charge in [0.05, 0.1) is 24.3 Å². The first kappa shape index (κ1) is 19.0. The van der Waals surface area contributed by atoms with Crippen molar-refractivity contribution in [3.8, 4) is 11.5 Å². The van der Waals surface area contributed by atoms with Crippen LogP contribution < -0.4 is 9.47 Å². The van der Waals surface area contributed by atoms with Crippen LogP contribution in [0.5, 0.6) is 11.5 Å². The van der Waals surface area contributed by atoms with Crippen LogP contribution in [0.4, 0.5) is 0 Å². The lowest BCUT2D eigenvalue weighted by Gasteiger charge is -2.26. The molecule has 1 unspecified atom stereocenters. The van der Waals surface area contributed by atoms with Gasteiger partial charge in [0, 0.05) is 44.1 Å². The van der Waals surface area contributed by atoms with Gasteiger partial charge in [-0.15, -0.1) is 0 Å². The summed E-state index contributed by atoms with van der Waals surface area (Å²) in [4.78, 5) is 19.3.